The van der Waals surface area contributed by atoms with Gasteiger partial charge in [-0.15, -0.1) is 0 Å². The van der Waals surface area contributed by atoms with Gasteiger partial charge in [-0.2, -0.15) is 0 Å². The monoisotopic (exact) mass is 319 g/mol. The highest BCUT2D eigenvalue weighted by Gasteiger charge is 2.61. The zero-order valence-corrected chi connectivity index (χ0v) is 13.7. The first-order valence-corrected chi connectivity index (χ1v) is 8.95. The summed E-state index contributed by atoms with van der Waals surface area (Å²) in [6.45, 7) is 0.938. The third-order valence-corrected chi connectivity index (χ3v) is 6.06. The Morgan fingerprint density at radius 2 is 1.79 bits per heavy atom. The van der Waals surface area contributed by atoms with Gasteiger partial charge in [-0.05, 0) is 31.6 Å². The van der Waals surface area contributed by atoms with Crippen molar-refractivity contribution in [3.8, 4) is 11.4 Å². The molecule has 4 nitrogen and oxygen atoms in total. The van der Waals surface area contributed by atoms with E-state index in [4.69, 9.17) is 0 Å². The van der Waals surface area contributed by atoms with Gasteiger partial charge in [0.15, 0.2) is 5.82 Å². The molecule has 0 radical (unpaired) electrons. The molecule has 2 heterocycles. The Morgan fingerprint density at radius 1 is 1.08 bits per heavy atom. The first kappa shape index (κ1) is 14.1. The fourth-order valence-corrected chi connectivity index (χ4v) is 4.54. The summed E-state index contributed by atoms with van der Waals surface area (Å²) in [5.41, 5.74) is 2.06. The molecule has 2 saturated carbocycles. The van der Waals surface area contributed by atoms with Crippen molar-refractivity contribution >= 4 is 5.91 Å². The molecule has 1 spiro atoms. The fraction of sp³-hybridized carbons (Fsp3) is 0.450. The summed E-state index contributed by atoms with van der Waals surface area (Å²) in [4.78, 5) is 23.8. The first-order chi connectivity index (χ1) is 11.8. The molecule has 1 aromatic carbocycles. The minimum Gasteiger partial charge on any atom is -0.334 e. The van der Waals surface area contributed by atoms with Crippen molar-refractivity contribution in [3.05, 3.63) is 48.3 Å². The van der Waals surface area contributed by atoms with Gasteiger partial charge in [0.1, 0.15) is 0 Å². The van der Waals surface area contributed by atoms with Crippen LogP contribution < -0.4 is 0 Å². The molecule has 3 aliphatic rings. The topological polar surface area (TPSA) is 46.1 Å². The van der Waals surface area contributed by atoms with Gasteiger partial charge < -0.3 is 4.90 Å². The number of hydrogen-bond acceptors (Lipinski definition) is 3. The number of amides is 1. The second-order valence-electron chi connectivity index (χ2n) is 7.59. The van der Waals surface area contributed by atoms with Crippen LogP contribution in [0.1, 0.15) is 42.5 Å². The largest absolute Gasteiger partial charge is 0.334 e. The maximum Gasteiger partial charge on any atom is 0.257 e. The van der Waals surface area contributed by atoms with Crippen LogP contribution in [0.2, 0.25) is 0 Å². The van der Waals surface area contributed by atoms with E-state index < -0.39 is 0 Å². The number of likely N-dealkylation sites (tertiary alicyclic amines) is 1. The number of carbonyl (C=O) groups excluding carboxylic acids is 1. The van der Waals surface area contributed by atoms with E-state index in [9.17, 15) is 4.79 Å². The van der Waals surface area contributed by atoms with Gasteiger partial charge >= 0.3 is 0 Å². The Kier molecular flexibility index (Phi) is 3.02. The average molecular weight is 319 g/mol. The van der Waals surface area contributed by atoms with Crippen molar-refractivity contribution in [2.45, 2.75) is 38.1 Å². The lowest BCUT2D eigenvalue weighted by molar-refractivity contribution is -0.111. The average Bonchev–Trinajstić information content (AvgIpc) is 3.38. The SMILES string of the molecule is O=C(c1cnc(-c2ccccc2)nc1)N1CC2(CCC2)C1C1CC1. The third kappa shape index (κ3) is 2.09. The molecule has 0 N–H and O–H groups in total. The van der Waals surface area contributed by atoms with Crippen LogP contribution in [0.4, 0.5) is 0 Å². The van der Waals surface area contributed by atoms with E-state index in [-0.39, 0.29) is 5.91 Å². The van der Waals surface area contributed by atoms with Crippen LogP contribution in [0.5, 0.6) is 0 Å². The van der Waals surface area contributed by atoms with E-state index in [1.807, 2.05) is 30.3 Å². The van der Waals surface area contributed by atoms with E-state index in [2.05, 4.69) is 14.9 Å². The number of nitrogens with zero attached hydrogens (tertiary/aromatic N) is 3. The van der Waals surface area contributed by atoms with Crippen LogP contribution in [0.25, 0.3) is 11.4 Å². The van der Waals surface area contributed by atoms with Crippen LogP contribution in [-0.2, 0) is 0 Å². The van der Waals surface area contributed by atoms with E-state index >= 15 is 0 Å². The Labute approximate surface area is 141 Å². The Bertz CT molecular complexity index is 763. The van der Waals surface area contributed by atoms with Crippen LogP contribution in [0.15, 0.2) is 42.7 Å². The highest BCUT2D eigenvalue weighted by Crippen LogP contribution is 2.59. The summed E-state index contributed by atoms with van der Waals surface area (Å²) in [5, 5.41) is 0. The smallest absolute Gasteiger partial charge is 0.257 e. The second kappa shape index (κ2) is 5.13. The van der Waals surface area contributed by atoms with Crippen molar-refractivity contribution in [1.82, 2.24) is 14.9 Å². The summed E-state index contributed by atoms with van der Waals surface area (Å²) in [5.74, 6) is 1.53. The third-order valence-electron chi connectivity index (χ3n) is 6.06. The Morgan fingerprint density at radius 3 is 2.38 bits per heavy atom. The molecule has 3 fully saturated rings. The van der Waals surface area contributed by atoms with Gasteiger partial charge in [-0.1, -0.05) is 36.8 Å². The predicted molar refractivity (Wildman–Crippen MR) is 91.3 cm³/mol. The van der Waals surface area contributed by atoms with E-state index in [0.717, 1.165) is 18.0 Å². The van der Waals surface area contributed by atoms with E-state index in [1.165, 1.54) is 32.1 Å². The molecule has 0 bridgehead atoms. The lowest BCUT2D eigenvalue weighted by atomic mass is 9.56. The van der Waals surface area contributed by atoms with Crippen molar-refractivity contribution in [3.63, 3.8) is 0 Å². The molecule has 1 unspecified atom stereocenters. The van der Waals surface area contributed by atoms with Crippen molar-refractivity contribution < 1.29 is 4.79 Å². The number of benzene rings is 1. The normalized spacial score (nSPS) is 24.3. The number of aromatic nitrogens is 2. The van der Waals surface area contributed by atoms with E-state index in [0.29, 0.717) is 22.8 Å². The molecule has 24 heavy (non-hydrogen) atoms. The lowest BCUT2D eigenvalue weighted by Gasteiger charge is -2.63. The lowest BCUT2D eigenvalue weighted by Crippen LogP contribution is -2.69. The van der Waals surface area contributed by atoms with Gasteiger partial charge in [0, 0.05) is 36.0 Å². The Hall–Kier alpha value is -2.23. The van der Waals surface area contributed by atoms with Gasteiger partial charge in [0.2, 0.25) is 0 Å². The zero-order valence-electron chi connectivity index (χ0n) is 13.7. The maximum absolute atomic E-state index is 12.9. The Balaban J connectivity index is 1.36. The number of rotatable bonds is 3. The van der Waals surface area contributed by atoms with Gasteiger partial charge in [-0.25, -0.2) is 9.97 Å². The standard InChI is InChI=1S/C20H21N3O/c24-19(23-13-20(9-4-10-20)17(23)14-7-8-14)16-11-21-18(22-12-16)15-5-2-1-3-6-15/h1-3,5-6,11-12,14,17H,4,7-10,13H2. The fourth-order valence-electron chi connectivity index (χ4n) is 4.54. The van der Waals surface area contributed by atoms with Crippen LogP contribution in [-0.4, -0.2) is 33.4 Å². The highest BCUT2D eigenvalue weighted by molar-refractivity contribution is 5.94. The molecule has 1 amide bonds. The molecule has 5 rings (SSSR count). The molecule has 2 aliphatic carbocycles. The molecule has 2 aromatic rings. The minimum atomic E-state index is 0.115. The summed E-state index contributed by atoms with van der Waals surface area (Å²) in [7, 11) is 0. The summed E-state index contributed by atoms with van der Waals surface area (Å²) < 4.78 is 0. The van der Waals surface area contributed by atoms with Crippen molar-refractivity contribution in [2.24, 2.45) is 11.3 Å². The van der Waals surface area contributed by atoms with Crippen LogP contribution in [0.3, 0.4) is 0 Å². The van der Waals surface area contributed by atoms with Crippen molar-refractivity contribution in [2.75, 3.05) is 6.54 Å². The molecule has 1 aliphatic heterocycles. The van der Waals surface area contributed by atoms with E-state index in [1.54, 1.807) is 12.4 Å². The van der Waals surface area contributed by atoms with Crippen LogP contribution >= 0.6 is 0 Å². The van der Waals surface area contributed by atoms with Crippen LogP contribution in [0, 0.1) is 11.3 Å². The molecule has 1 aromatic heterocycles. The minimum absolute atomic E-state index is 0.115. The highest BCUT2D eigenvalue weighted by atomic mass is 16.2. The summed E-state index contributed by atoms with van der Waals surface area (Å²) in [6, 6.07) is 10.4. The molecular weight excluding hydrogens is 298 g/mol. The molecule has 4 heteroatoms. The predicted octanol–water partition coefficient (Wildman–Crippen LogP) is 3.55. The van der Waals surface area contributed by atoms with Gasteiger partial charge in [0.25, 0.3) is 5.91 Å². The van der Waals surface area contributed by atoms with Crippen molar-refractivity contribution in [1.29, 1.82) is 0 Å². The second-order valence-corrected chi connectivity index (χ2v) is 7.59. The molecule has 1 atom stereocenters. The molecule has 122 valence electrons. The maximum atomic E-state index is 12.9. The summed E-state index contributed by atoms with van der Waals surface area (Å²) in [6.07, 6.45) is 9.91. The zero-order chi connectivity index (χ0) is 16.1. The summed E-state index contributed by atoms with van der Waals surface area (Å²) >= 11 is 0. The quantitative estimate of drug-likeness (QED) is 0.869. The van der Waals surface area contributed by atoms with Gasteiger partial charge in [-0.3, -0.25) is 4.79 Å². The van der Waals surface area contributed by atoms with Gasteiger partial charge in [0.05, 0.1) is 5.56 Å². The number of hydrogen-bond donors (Lipinski definition) is 0. The first-order valence-electron chi connectivity index (χ1n) is 8.95. The molecule has 1 saturated heterocycles. The number of carbonyl (C=O) groups is 1. The molecular formula is C20H21N3O.